The highest BCUT2D eigenvalue weighted by molar-refractivity contribution is 7.63. The molecule has 4 aliphatic heterocycles. The Balaban J connectivity index is 1.15. The van der Waals surface area contributed by atoms with Gasteiger partial charge in [-0.3, -0.25) is 19.4 Å². The molecule has 0 spiro atoms. The quantitative estimate of drug-likeness (QED) is 0.0829. The Bertz CT molecular complexity index is 1700. The third kappa shape index (κ3) is 7.73. The zero-order valence-electron chi connectivity index (χ0n) is 30.2. The summed E-state index contributed by atoms with van der Waals surface area (Å²) in [5.74, 6) is 7.17. The van der Waals surface area contributed by atoms with E-state index in [4.69, 9.17) is 24.8 Å². The van der Waals surface area contributed by atoms with Crippen LogP contribution in [-0.4, -0.2) is 117 Å². The van der Waals surface area contributed by atoms with E-state index in [0.717, 1.165) is 29.0 Å². The second-order valence-corrected chi connectivity index (χ2v) is 17.2. The molecule has 0 radical (unpaired) electrons. The number of hydrogen-bond donors (Lipinski definition) is 3. The van der Waals surface area contributed by atoms with Gasteiger partial charge in [0, 0.05) is 57.1 Å². The van der Waals surface area contributed by atoms with Crippen LogP contribution >= 0.6 is 7.14 Å². The first kappa shape index (κ1) is 37.1. The molecule has 2 fully saturated rings. The molecule has 0 unspecified atom stereocenters. The summed E-state index contributed by atoms with van der Waals surface area (Å²) in [5.41, 5.74) is 4.28. The number of amides is 3. The van der Waals surface area contributed by atoms with E-state index in [2.05, 4.69) is 23.8 Å². The predicted octanol–water partition coefficient (Wildman–Crippen LogP) is 4.38. The number of benzene rings is 2. The largest absolute Gasteiger partial charge is 0.493 e. The van der Waals surface area contributed by atoms with Gasteiger partial charge in [-0.15, -0.1) is 0 Å². The third-order valence-corrected chi connectivity index (χ3v) is 12.9. The number of rotatable bonds is 14. The van der Waals surface area contributed by atoms with Crippen molar-refractivity contribution in [1.82, 2.24) is 14.8 Å². The van der Waals surface area contributed by atoms with E-state index in [1.807, 2.05) is 16.7 Å². The summed E-state index contributed by atoms with van der Waals surface area (Å²) in [5, 5.41) is 7.78. The van der Waals surface area contributed by atoms with Crippen molar-refractivity contribution in [3.05, 3.63) is 59.7 Å². The van der Waals surface area contributed by atoms with Gasteiger partial charge in [0.05, 0.1) is 68.3 Å². The Kier molecular flexibility index (Phi) is 11.1. The predicted molar refractivity (Wildman–Crippen MR) is 199 cm³/mol. The van der Waals surface area contributed by atoms with Gasteiger partial charge in [-0.2, -0.15) is 0 Å². The second-order valence-electron chi connectivity index (χ2n) is 13.9. The number of ether oxygens (including phenoxy) is 4. The molecule has 3 amide bonds. The summed E-state index contributed by atoms with van der Waals surface area (Å²) in [7, 11) is -0.212. The van der Waals surface area contributed by atoms with E-state index in [9.17, 15) is 18.9 Å². The number of anilines is 2. The molecule has 14 nitrogen and oxygen atoms in total. The van der Waals surface area contributed by atoms with Crippen molar-refractivity contribution in [2.75, 3.05) is 82.9 Å². The highest BCUT2D eigenvalue weighted by atomic mass is 31.2. The Morgan fingerprint density at radius 1 is 0.846 bits per heavy atom. The molecular formula is C37H49N6O8P. The summed E-state index contributed by atoms with van der Waals surface area (Å²) in [6.07, 6.45) is 2.36. The Hall–Kier alpha value is -4.68. The van der Waals surface area contributed by atoms with Gasteiger partial charge < -0.3 is 43.9 Å². The molecule has 52 heavy (non-hydrogen) atoms. The molecule has 0 saturated carbocycles. The molecule has 15 heteroatoms. The van der Waals surface area contributed by atoms with Crippen LogP contribution in [-0.2, 0) is 9.36 Å². The molecule has 4 N–H and O–H groups in total. The van der Waals surface area contributed by atoms with Crippen molar-refractivity contribution in [2.24, 2.45) is 5.84 Å². The van der Waals surface area contributed by atoms with Crippen molar-refractivity contribution in [3.8, 4) is 23.0 Å². The van der Waals surface area contributed by atoms with E-state index in [1.54, 1.807) is 24.3 Å². The molecule has 2 atom stereocenters. The number of hydrogen-bond acceptors (Lipinski definition) is 11. The number of carbonyl (C=O) groups is 3. The van der Waals surface area contributed by atoms with Crippen LogP contribution in [0, 0.1) is 0 Å². The van der Waals surface area contributed by atoms with Gasteiger partial charge in [0.15, 0.2) is 23.0 Å². The first-order valence-corrected chi connectivity index (χ1v) is 19.9. The fourth-order valence-electron chi connectivity index (χ4n) is 7.28. The standard InChI is InChI=1S/C37H49N6O8P/c1-6-7-35(44)43(38)22-52(47,10-8-50-33-16-29-27(14-31(33)48-4)36(45)41-20-23(2)12-25(41)18-39-29)11-9-51-34-17-30-28(15-32(34)49-5)37(46)42-21-24(3)13-26(42)19-40-30/h14-17,25-26,39-40H,2-3,6-13,18-22,38H2,1,4-5H3/t25-,26-/m0/s1. The Morgan fingerprint density at radius 2 is 1.31 bits per heavy atom. The van der Waals surface area contributed by atoms with Crippen LogP contribution < -0.4 is 35.4 Å². The van der Waals surface area contributed by atoms with E-state index >= 15 is 0 Å². The molecular weight excluding hydrogens is 687 g/mol. The highest BCUT2D eigenvalue weighted by Crippen LogP contribution is 2.47. The maximum atomic E-state index is 14.5. The lowest BCUT2D eigenvalue weighted by Crippen LogP contribution is -2.39. The zero-order chi connectivity index (χ0) is 37.2. The maximum Gasteiger partial charge on any atom is 0.256 e. The molecule has 4 aliphatic rings. The molecule has 2 aromatic rings. The number of hydrazine groups is 1. The smallest absolute Gasteiger partial charge is 0.256 e. The number of nitrogens with zero attached hydrogens (tertiary/aromatic N) is 3. The topological polar surface area (TPSA) is 165 Å². The van der Waals surface area contributed by atoms with E-state index in [-0.39, 0.29) is 68.0 Å². The van der Waals surface area contributed by atoms with Crippen molar-refractivity contribution in [1.29, 1.82) is 0 Å². The van der Waals surface area contributed by atoms with Crippen LogP contribution in [0.25, 0.3) is 0 Å². The fraction of sp³-hybridized carbons (Fsp3) is 0.486. The summed E-state index contributed by atoms with van der Waals surface area (Å²) in [6, 6.07) is 6.85. The van der Waals surface area contributed by atoms with Gasteiger partial charge >= 0.3 is 0 Å². The number of methoxy groups -OCH3 is 2. The molecule has 0 aromatic heterocycles. The van der Waals surface area contributed by atoms with Gasteiger partial charge in [0.1, 0.15) is 7.14 Å². The average Bonchev–Trinajstić information content (AvgIpc) is 3.63. The average molecular weight is 737 g/mol. The first-order chi connectivity index (χ1) is 24.9. The Morgan fingerprint density at radius 3 is 1.73 bits per heavy atom. The van der Waals surface area contributed by atoms with Gasteiger partial charge in [-0.25, -0.2) is 5.84 Å². The van der Waals surface area contributed by atoms with Crippen LogP contribution in [0.2, 0.25) is 0 Å². The molecule has 0 aliphatic carbocycles. The minimum Gasteiger partial charge on any atom is -0.493 e. The number of nitrogens with one attached hydrogen (secondary N) is 2. The summed E-state index contributed by atoms with van der Waals surface area (Å²) in [6.45, 7) is 12.3. The fourth-order valence-corrected chi connectivity index (χ4v) is 9.35. The lowest BCUT2D eigenvalue weighted by atomic mass is 10.1. The van der Waals surface area contributed by atoms with Crippen LogP contribution in [0.15, 0.2) is 48.6 Å². The molecule has 4 heterocycles. The summed E-state index contributed by atoms with van der Waals surface area (Å²) >= 11 is 0. The lowest BCUT2D eigenvalue weighted by Gasteiger charge is -2.25. The molecule has 6 rings (SSSR count). The van der Waals surface area contributed by atoms with Crippen molar-refractivity contribution >= 4 is 36.2 Å². The molecule has 2 aromatic carbocycles. The van der Waals surface area contributed by atoms with Gasteiger partial charge in [-0.1, -0.05) is 31.2 Å². The Labute approximate surface area is 304 Å². The second kappa shape index (κ2) is 15.5. The van der Waals surface area contributed by atoms with Crippen LogP contribution in [0.3, 0.4) is 0 Å². The maximum absolute atomic E-state index is 14.5. The number of nitrogens with two attached hydrogens (primary N) is 1. The van der Waals surface area contributed by atoms with Gasteiger partial charge in [-0.05, 0) is 31.4 Å². The van der Waals surface area contributed by atoms with E-state index in [1.165, 1.54) is 14.2 Å². The number of carbonyl (C=O) groups excluding carboxylic acids is 3. The highest BCUT2D eigenvalue weighted by Gasteiger charge is 2.37. The minimum absolute atomic E-state index is 0.0218. The van der Waals surface area contributed by atoms with Gasteiger partial charge in [0.25, 0.3) is 11.8 Å². The summed E-state index contributed by atoms with van der Waals surface area (Å²) < 4.78 is 38.0. The number of fused-ring (bicyclic) bond motifs is 4. The molecule has 0 bridgehead atoms. The van der Waals surface area contributed by atoms with E-state index in [0.29, 0.717) is 78.1 Å². The van der Waals surface area contributed by atoms with Crippen molar-refractivity contribution in [2.45, 2.75) is 44.7 Å². The van der Waals surface area contributed by atoms with Crippen molar-refractivity contribution < 1.29 is 37.9 Å². The molecule has 2 saturated heterocycles. The SMILES string of the molecule is C=C1C[C@H]2CNc3cc(OCCP(=O)(CCOc4cc5c(cc4OC)C(=O)N4CC(=C)C[C@H]4CN5)CN(N)C(=O)CCC)c(OC)cc3C(=O)N2C1. The summed E-state index contributed by atoms with van der Waals surface area (Å²) in [4.78, 5) is 43.1. The van der Waals surface area contributed by atoms with Crippen LogP contribution in [0.4, 0.5) is 11.4 Å². The third-order valence-electron chi connectivity index (χ3n) is 10.1. The van der Waals surface area contributed by atoms with Crippen LogP contribution in [0.1, 0.15) is 53.3 Å². The zero-order valence-corrected chi connectivity index (χ0v) is 31.1. The monoisotopic (exact) mass is 736 g/mol. The first-order valence-electron chi connectivity index (χ1n) is 17.7. The van der Waals surface area contributed by atoms with Crippen molar-refractivity contribution in [3.63, 3.8) is 0 Å². The normalized spacial score (nSPS) is 19.4. The van der Waals surface area contributed by atoms with E-state index < -0.39 is 7.14 Å². The molecule has 280 valence electrons. The lowest BCUT2D eigenvalue weighted by molar-refractivity contribution is -0.130. The minimum atomic E-state index is -3.21. The van der Waals surface area contributed by atoms with Crippen LogP contribution in [0.5, 0.6) is 23.0 Å². The van der Waals surface area contributed by atoms with Gasteiger partial charge in [0.2, 0.25) is 5.91 Å².